The molecule has 1 saturated carbocycles. The van der Waals surface area contributed by atoms with Crippen molar-refractivity contribution in [1.29, 1.82) is 0 Å². The van der Waals surface area contributed by atoms with Gasteiger partial charge in [0.25, 0.3) is 5.91 Å². The van der Waals surface area contributed by atoms with Gasteiger partial charge >= 0.3 is 0 Å². The summed E-state index contributed by atoms with van der Waals surface area (Å²) in [5.41, 5.74) is 0. The van der Waals surface area contributed by atoms with Crippen LogP contribution in [0.1, 0.15) is 12.8 Å². The van der Waals surface area contributed by atoms with Crippen molar-refractivity contribution in [3.05, 3.63) is 28.2 Å². The standard InChI is InChI=1S/C15H16Cl2N2O3/c16-10-1-4-13(12(17)7-10)22-9-15(21)18-5-6-19(11-2-3-11)14(20)8-18/h1,4,7,11H,2-3,5-6,8-9H2. The lowest BCUT2D eigenvalue weighted by Gasteiger charge is -2.34. The van der Waals surface area contributed by atoms with Crippen molar-refractivity contribution in [3.63, 3.8) is 0 Å². The van der Waals surface area contributed by atoms with Gasteiger partial charge in [-0.15, -0.1) is 0 Å². The van der Waals surface area contributed by atoms with Crippen LogP contribution in [0.2, 0.25) is 10.0 Å². The summed E-state index contributed by atoms with van der Waals surface area (Å²) >= 11 is 11.8. The zero-order chi connectivity index (χ0) is 15.7. The van der Waals surface area contributed by atoms with Gasteiger partial charge < -0.3 is 14.5 Å². The number of hydrogen-bond donors (Lipinski definition) is 0. The van der Waals surface area contributed by atoms with E-state index in [-0.39, 0.29) is 25.0 Å². The van der Waals surface area contributed by atoms with Crippen LogP contribution in [0.15, 0.2) is 18.2 Å². The molecule has 2 aliphatic rings. The molecule has 0 spiro atoms. The molecule has 7 heteroatoms. The Bertz CT molecular complexity index is 604. The average Bonchev–Trinajstić information content (AvgIpc) is 3.30. The summed E-state index contributed by atoms with van der Waals surface area (Å²) in [4.78, 5) is 27.6. The molecule has 2 amide bonds. The van der Waals surface area contributed by atoms with Gasteiger partial charge in [-0.25, -0.2) is 0 Å². The van der Waals surface area contributed by atoms with Crippen molar-refractivity contribution in [2.45, 2.75) is 18.9 Å². The lowest BCUT2D eigenvalue weighted by atomic mass is 10.3. The van der Waals surface area contributed by atoms with E-state index in [2.05, 4.69) is 0 Å². The minimum atomic E-state index is -0.213. The second kappa shape index (κ2) is 6.34. The molecule has 0 atom stereocenters. The van der Waals surface area contributed by atoms with Gasteiger partial charge in [0, 0.05) is 24.2 Å². The molecule has 2 fully saturated rings. The van der Waals surface area contributed by atoms with Crippen molar-refractivity contribution in [2.75, 3.05) is 26.2 Å². The van der Waals surface area contributed by atoms with E-state index in [0.29, 0.717) is 34.9 Å². The fourth-order valence-corrected chi connectivity index (χ4v) is 2.96. The quantitative estimate of drug-likeness (QED) is 0.842. The summed E-state index contributed by atoms with van der Waals surface area (Å²) in [6, 6.07) is 5.22. The van der Waals surface area contributed by atoms with Gasteiger partial charge in [0.05, 0.1) is 11.6 Å². The number of amides is 2. The minimum absolute atomic E-state index is 0.0200. The van der Waals surface area contributed by atoms with Crippen LogP contribution in [0.3, 0.4) is 0 Å². The highest BCUT2D eigenvalue weighted by atomic mass is 35.5. The largest absolute Gasteiger partial charge is 0.482 e. The predicted molar refractivity (Wildman–Crippen MR) is 83.3 cm³/mol. The third-order valence-corrected chi connectivity index (χ3v) is 4.37. The van der Waals surface area contributed by atoms with E-state index in [4.69, 9.17) is 27.9 Å². The molecule has 3 rings (SSSR count). The van der Waals surface area contributed by atoms with Gasteiger partial charge in [-0.1, -0.05) is 23.2 Å². The predicted octanol–water partition coefficient (Wildman–Crippen LogP) is 2.21. The number of rotatable bonds is 4. The van der Waals surface area contributed by atoms with Gasteiger partial charge in [-0.2, -0.15) is 0 Å². The summed E-state index contributed by atoms with van der Waals surface area (Å²) in [5.74, 6) is 0.212. The Morgan fingerprint density at radius 3 is 2.68 bits per heavy atom. The number of benzene rings is 1. The lowest BCUT2D eigenvalue weighted by Crippen LogP contribution is -2.53. The smallest absolute Gasteiger partial charge is 0.261 e. The van der Waals surface area contributed by atoms with E-state index in [0.717, 1.165) is 12.8 Å². The molecular weight excluding hydrogens is 327 g/mol. The van der Waals surface area contributed by atoms with Crippen LogP contribution in [-0.2, 0) is 9.59 Å². The molecule has 0 N–H and O–H groups in total. The van der Waals surface area contributed by atoms with Gasteiger partial charge in [-0.3, -0.25) is 9.59 Å². The lowest BCUT2D eigenvalue weighted by molar-refractivity contribution is -0.146. The van der Waals surface area contributed by atoms with E-state index >= 15 is 0 Å². The van der Waals surface area contributed by atoms with E-state index in [1.807, 2.05) is 4.90 Å². The Morgan fingerprint density at radius 2 is 2.05 bits per heavy atom. The maximum absolute atomic E-state index is 12.1. The molecule has 1 aromatic carbocycles. The molecule has 118 valence electrons. The highest BCUT2D eigenvalue weighted by Gasteiger charge is 2.36. The Hall–Kier alpha value is -1.46. The topological polar surface area (TPSA) is 49.9 Å². The van der Waals surface area contributed by atoms with Gasteiger partial charge in [0.1, 0.15) is 5.75 Å². The molecule has 1 aliphatic carbocycles. The van der Waals surface area contributed by atoms with Crippen molar-refractivity contribution in [3.8, 4) is 5.75 Å². The molecule has 5 nitrogen and oxygen atoms in total. The molecule has 0 bridgehead atoms. The van der Waals surface area contributed by atoms with Crippen LogP contribution >= 0.6 is 23.2 Å². The summed E-state index contributed by atoms with van der Waals surface area (Å²) in [6.45, 7) is 1.15. The Morgan fingerprint density at radius 1 is 1.27 bits per heavy atom. The zero-order valence-corrected chi connectivity index (χ0v) is 13.4. The highest BCUT2D eigenvalue weighted by Crippen LogP contribution is 2.29. The fraction of sp³-hybridized carbons (Fsp3) is 0.467. The molecule has 22 heavy (non-hydrogen) atoms. The van der Waals surface area contributed by atoms with E-state index in [9.17, 15) is 9.59 Å². The number of halogens is 2. The summed E-state index contributed by atoms with van der Waals surface area (Å²) in [5, 5.41) is 0.861. The minimum Gasteiger partial charge on any atom is -0.482 e. The van der Waals surface area contributed by atoms with Gasteiger partial charge in [-0.05, 0) is 31.0 Å². The average molecular weight is 343 g/mol. The fourth-order valence-electron chi connectivity index (χ4n) is 2.49. The van der Waals surface area contributed by atoms with Crippen molar-refractivity contribution in [1.82, 2.24) is 9.80 Å². The number of piperazine rings is 1. The third kappa shape index (κ3) is 3.47. The number of ether oxygens (including phenoxy) is 1. The van der Waals surface area contributed by atoms with Gasteiger partial charge in [0.15, 0.2) is 6.61 Å². The number of hydrogen-bond acceptors (Lipinski definition) is 3. The van der Waals surface area contributed by atoms with E-state index < -0.39 is 0 Å². The molecule has 0 aromatic heterocycles. The molecule has 0 radical (unpaired) electrons. The van der Waals surface area contributed by atoms with Crippen LogP contribution in [0.25, 0.3) is 0 Å². The van der Waals surface area contributed by atoms with Crippen LogP contribution in [0.4, 0.5) is 0 Å². The molecule has 0 unspecified atom stereocenters. The van der Waals surface area contributed by atoms with Crippen LogP contribution in [0, 0.1) is 0 Å². The Labute approximate surface area is 138 Å². The van der Waals surface area contributed by atoms with Crippen molar-refractivity contribution < 1.29 is 14.3 Å². The highest BCUT2D eigenvalue weighted by molar-refractivity contribution is 6.35. The van der Waals surface area contributed by atoms with Crippen LogP contribution in [0.5, 0.6) is 5.75 Å². The number of carbonyl (C=O) groups is 2. The normalized spacial score (nSPS) is 18.5. The summed E-state index contributed by atoms with van der Waals surface area (Å²) in [7, 11) is 0. The summed E-state index contributed by atoms with van der Waals surface area (Å²) < 4.78 is 5.42. The van der Waals surface area contributed by atoms with Crippen LogP contribution in [-0.4, -0.2) is 53.9 Å². The first-order chi connectivity index (χ1) is 10.5. The second-order valence-corrected chi connectivity index (χ2v) is 6.34. The molecular formula is C15H16Cl2N2O3. The van der Waals surface area contributed by atoms with Crippen molar-refractivity contribution >= 4 is 35.0 Å². The maximum atomic E-state index is 12.1. The zero-order valence-electron chi connectivity index (χ0n) is 11.9. The third-order valence-electron chi connectivity index (χ3n) is 3.84. The molecule has 1 aliphatic heterocycles. The maximum Gasteiger partial charge on any atom is 0.261 e. The molecule has 1 heterocycles. The summed E-state index contributed by atoms with van der Waals surface area (Å²) in [6.07, 6.45) is 2.16. The van der Waals surface area contributed by atoms with Gasteiger partial charge in [0.2, 0.25) is 5.91 Å². The second-order valence-electron chi connectivity index (χ2n) is 5.50. The first-order valence-electron chi connectivity index (χ1n) is 7.19. The first kappa shape index (κ1) is 15.4. The molecule has 1 saturated heterocycles. The first-order valence-corrected chi connectivity index (χ1v) is 7.95. The van der Waals surface area contributed by atoms with E-state index in [1.54, 1.807) is 18.2 Å². The monoisotopic (exact) mass is 342 g/mol. The number of nitrogens with zero attached hydrogens (tertiary/aromatic N) is 2. The Balaban J connectivity index is 1.53. The molecule has 1 aromatic rings. The SMILES string of the molecule is O=C(COc1ccc(Cl)cc1Cl)N1CCN(C2CC2)C(=O)C1. The van der Waals surface area contributed by atoms with Crippen LogP contribution < -0.4 is 4.74 Å². The van der Waals surface area contributed by atoms with E-state index in [1.165, 1.54) is 4.90 Å². The Kier molecular flexibility index (Phi) is 4.45. The number of carbonyl (C=O) groups excluding carboxylic acids is 2. The van der Waals surface area contributed by atoms with Crippen molar-refractivity contribution in [2.24, 2.45) is 0 Å².